The number of amides is 1. The van der Waals surface area contributed by atoms with Gasteiger partial charge in [-0.2, -0.15) is 0 Å². The fourth-order valence-corrected chi connectivity index (χ4v) is 2.15. The van der Waals surface area contributed by atoms with Gasteiger partial charge in [0.25, 0.3) is 0 Å². The summed E-state index contributed by atoms with van der Waals surface area (Å²) in [6.45, 7) is 2.05. The van der Waals surface area contributed by atoms with Crippen molar-refractivity contribution < 1.29 is 14.3 Å². The van der Waals surface area contributed by atoms with Gasteiger partial charge in [0.15, 0.2) is 5.78 Å². The molecule has 0 atom stereocenters. The molecule has 0 aliphatic rings. The van der Waals surface area contributed by atoms with Gasteiger partial charge in [0.2, 0.25) is 0 Å². The molecular formula is C20H22N2O3. The smallest absolute Gasteiger partial charge is 0.411 e. The Hall–Kier alpha value is -3.08. The number of allylic oxidation sites excluding steroid dienone is 1. The van der Waals surface area contributed by atoms with Crippen molar-refractivity contribution in [2.24, 2.45) is 0 Å². The van der Waals surface area contributed by atoms with Gasteiger partial charge < -0.3 is 9.64 Å². The predicted molar refractivity (Wildman–Crippen MR) is 101 cm³/mol. The molecule has 1 N–H and O–H groups in total. The van der Waals surface area contributed by atoms with Crippen LogP contribution in [-0.2, 0) is 4.74 Å². The molecule has 5 heteroatoms. The maximum Gasteiger partial charge on any atom is 0.411 e. The third-order valence-corrected chi connectivity index (χ3v) is 3.53. The fourth-order valence-electron chi connectivity index (χ4n) is 2.15. The monoisotopic (exact) mass is 338 g/mol. The Kier molecular flexibility index (Phi) is 6.34. The Morgan fingerprint density at radius 2 is 1.68 bits per heavy atom. The minimum atomic E-state index is -0.511. The third kappa shape index (κ3) is 5.49. The normalized spacial score (nSPS) is 10.5. The maximum absolute atomic E-state index is 12.2. The molecule has 0 spiro atoms. The van der Waals surface area contributed by atoms with E-state index in [4.69, 9.17) is 4.74 Å². The number of rotatable bonds is 6. The molecule has 5 nitrogen and oxygen atoms in total. The van der Waals surface area contributed by atoms with E-state index in [0.29, 0.717) is 17.9 Å². The standard InChI is InChI=1S/C20H22N2O3/c1-4-25-20(24)21-17-10-8-16(9-11-17)19(23)14-7-15-5-12-18(13-6-15)22(2)3/h5-14H,4H2,1-3H3,(H,21,24)/b14-7+. The van der Waals surface area contributed by atoms with Gasteiger partial charge in [-0.25, -0.2) is 4.79 Å². The quantitative estimate of drug-likeness (QED) is 0.633. The first-order chi connectivity index (χ1) is 12.0. The lowest BCUT2D eigenvalue weighted by Crippen LogP contribution is -2.13. The second-order valence-electron chi connectivity index (χ2n) is 5.61. The van der Waals surface area contributed by atoms with Crippen LogP contribution in [0.4, 0.5) is 16.2 Å². The predicted octanol–water partition coefficient (Wildman–Crippen LogP) is 4.22. The number of benzene rings is 2. The van der Waals surface area contributed by atoms with Crippen LogP contribution in [0.3, 0.4) is 0 Å². The minimum Gasteiger partial charge on any atom is -0.450 e. The Labute approximate surface area is 147 Å². The van der Waals surface area contributed by atoms with Crippen molar-refractivity contribution in [3.8, 4) is 0 Å². The van der Waals surface area contributed by atoms with Crippen molar-refractivity contribution in [2.45, 2.75) is 6.92 Å². The second kappa shape index (κ2) is 8.68. The topological polar surface area (TPSA) is 58.6 Å². The van der Waals surface area contributed by atoms with Crippen molar-refractivity contribution in [1.82, 2.24) is 0 Å². The first-order valence-corrected chi connectivity index (χ1v) is 8.03. The number of ketones is 1. The molecular weight excluding hydrogens is 316 g/mol. The van der Waals surface area contributed by atoms with E-state index in [0.717, 1.165) is 11.3 Å². The molecule has 0 aliphatic carbocycles. The van der Waals surface area contributed by atoms with Crippen LogP contribution >= 0.6 is 0 Å². The highest BCUT2D eigenvalue weighted by atomic mass is 16.5. The summed E-state index contributed by atoms with van der Waals surface area (Å²) < 4.78 is 4.80. The molecule has 0 fully saturated rings. The summed E-state index contributed by atoms with van der Waals surface area (Å²) >= 11 is 0. The molecule has 0 radical (unpaired) electrons. The van der Waals surface area contributed by atoms with Gasteiger partial charge in [0.05, 0.1) is 6.61 Å². The number of carbonyl (C=O) groups is 2. The highest BCUT2D eigenvalue weighted by Gasteiger charge is 2.05. The molecule has 2 aromatic rings. The lowest BCUT2D eigenvalue weighted by Gasteiger charge is -2.11. The summed E-state index contributed by atoms with van der Waals surface area (Å²) in [5, 5.41) is 2.59. The van der Waals surface area contributed by atoms with Crippen LogP contribution in [0.1, 0.15) is 22.8 Å². The maximum atomic E-state index is 12.2. The van der Waals surface area contributed by atoms with Crippen LogP contribution in [0, 0.1) is 0 Å². The van der Waals surface area contributed by atoms with Gasteiger partial charge in [0, 0.05) is 31.0 Å². The number of anilines is 2. The van der Waals surface area contributed by atoms with Crippen LogP contribution < -0.4 is 10.2 Å². The molecule has 1 amide bonds. The number of hydrogen-bond acceptors (Lipinski definition) is 4. The van der Waals surface area contributed by atoms with Gasteiger partial charge in [-0.15, -0.1) is 0 Å². The Morgan fingerprint density at radius 3 is 2.24 bits per heavy atom. The summed E-state index contributed by atoms with van der Waals surface area (Å²) in [6.07, 6.45) is 2.81. The van der Waals surface area contributed by atoms with E-state index in [1.807, 2.05) is 43.3 Å². The number of nitrogens with one attached hydrogen (secondary N) is 1. The summed E-state index contributed by atoms with van der Waals surface area (Å²) in [6, 6.07) is 14.6. The van der Waals surface area contributed by atoms with Crippen LogP contribution in [-0.4, -0.2) is 32.6 Å². The average molecular weight is 338 g/mol. The summed E-state index contributed by atoms with van der Waals surface area (Å²) in [5.41, 5.74) is 3.20. The Balaban J connectivity index is 1.99. The van der Waals surface area contributed by atoms with Crippen molar-refractivity contribution in [3.05, 3.63) is 65.7 Å². The zero-order chi connectivity index (χ0) is 18.2. The van der Waals surface area contributed by atoms with Crippen molar-refractivity contribution in [1.29, 1.82) is 0 Å². The number of nitrogens with zero attached hydrogens (tertiary/aromatic N) is 1. The van der Waals surface area contributed by atoms with Gasteiger partial charge in [0.1, 0.15) is 0 Å². The molecule has 25 heavy (non-hydrogen) atoms. The molecule has 2 rings (SSSR count). The molecule has 0 saturated carbocycles. The first kappa shape index (κ1) is 18.3. The SMILES string of the molecule is CCOC(=O)Nc1ccc(C(=O)/C=C/c2ccc(N(C)C)cc2)cc1. The summed E-state index contributed by atoms with van der Waals surface area (Å²) in [4.78, 5) is 25.6. The molecule has 0 aliphatic heterocycles. The Bertz CT molecular complexity index is 748. The molecule has 0 bridgehead atoms. The van der Waals surface area contributed by atoms with Gasteiger partial charge >= 0.3 is 6.09 Å². The molecule has 0 aromatic heterocycles. The van der Waals surface area contributed by atoms with Crippen LogP contribution in [0.2, 0.25) is 0 Å². The molecule has 130 valence electrons. The van der Waals surface area contributed by atoms with E-state index in [1.165, 1.54) is 0 Å². The van der Waals surface area contributed by atoms with Gasteiger partial charge in [-0.05, 0) is 55.0 Å². The molecule has 2 aromatic carbocycles. The lowest BCUT2D eigenvalue weighted by atomic mass is 10.1. The van der Waals surface area contributed by atoms with Crippen molar-refractivity contribution in [2.75, 3.05) is 30.9 Å². The second-order valence-corrected chi connectivity index (χ2v) is 5.61. The molecule has 0 unspecified atom stereocenters. The van der Waals surface area contributed by atoms with Crippen LogP contribution in [0.5, 0.6) is 0 Å². The largest absolute Gasteiger partial charge is 0.450 e. The zero-order valence-corrected chi connectivity index (χ0v) is 14.7. The number of carbonyl (C=O) groups excluding carboxylic acids is 2. The highest BCUT2D eigenvalue weighted by Crippen LogP contribution is 2.14. The van der Waals surface area contributed by atoms with Gasteiger partial charge in [-0.1, -0.05) is 18.2 Å². The van der Waals surface area contributed by atoms with Crippen molar-refractivity contribution in [3.63, 3.8) is 0 Å². The fraction of sp³-hybridized carbons (Fsp3) is 0.200. The molecule has 0 saturated heterocycles. The average Bonchev–Trinajstić information content (AvgIpc) is 2.61. The number of ether oxygens (including phenoxy) is 1. The van der Waals surface area contributed by atoms with Crippen LogP contribution in [0.25, 0.3) is 6.08 Å². The summed E-state index contributed by atoms with van der Waals surface area (Å²) in [5.74, 6) is -0.0978. The van der Waals surface area contributed by atoms with E-state index in [-0.39, 0.29) is 5.78 Å². The first-order valence-electron chi connectivity index (χ1n) is 8.03. The Morgan fingerprint density at radius 1 is 1.04 bits per heavy atom. The minimum absolute atomic E-state index is 0.0978. The van der Waals surface area contributed by atoms with E-state index < -0.39 is 6.09 Å². The number of hydrogen-bond donors (Lipinski definition) is 1. The lowest BCUT2D eigenvalue weighted by molar-refractivity contribution is 0.104. The van der Waals surface area contributed by atoms with Crippen LogP contribution in [0.15, 0.2) is 54.6 Å². The zero-order valence-electron chi connectivity index (χ0n) is 14.7. The van der Waals surface area contributed by atoms with E-state index in [1.54, 1.807) is 43.3 Å². The van der Waals surface area contributed by atoms with E-state index in [2.05, 4.69) is 5.32 Å². The van der Waals surface area contributed by atoms with E-state index in [9.17, 15) is 9.59 Å². The van der Waals surface area contributed by atoms with E-state index >= 15 is 0 Å². The highest BCUT2D eigenvalue weighted by molar-refractivity contribution is 6.07. The molecule has 0 heterocycles. The van der Waals surface area contributed by atoms with Crippen molar-refractivity contribution >= 4 is 29.3 Å². The summed E-state index contributed by atoms with van der Waals surface area (Å²) in [7, 11) is 3.96. The van der Waals surface area contributed by atoms with Gasteiger partial charge in [-0.3, -0.25) is 10.1 Å². The third-order valence-electron chi connectivity index (χ3n) is 3.53.